The minimum absolute atomic E-state index is 0.581. The molecular formula is C51H30N2O2. The summed E-state index contributed by atoms with van der Waals surface area (Å²) in [7, 11) is 0. The molecule has 55 heavy (non-hydrogen) atoms. The highest BCUT2D eigenvalue weighted by Crippen LogP contribution is 2.43. The van der Waals surface area contributed by atoms with Crippen molar-refractivity contribution in [2.45, 2.75) is 0 Å². The van der Waals surface area contributed by atoms with Gasteiger partial charge in [-0.3, -0.25) is 0 Å². The second-order valence-electron chi connectivity index (χ2n) is 14.4. The number of anilines is 3. The van der Waals surface area contributed by atoms with E-state index in [1.165, 1.54) is 43.1 Å². The van der Waals surface area contributed by atoms with Crippen LogP contribution in [-0.2, 0) is 0 Å². The van der Waals surface area contributed by atoms with E-state index in [1.807, 2.05) is 24.3 Å². The molecule has 0 saturated carbocycles. The summed E-state index contributed by atoms with van der Waals surface area (Å²) >= 11 is 0. The fraction of sp³-hybridized carbons (Fsp3) is 0. The normalized spacial score (nSPS) is 12.0. The molecule has 0 aliphatic heterocycles. The van der Waals surface area contributed by atoms with Gasteiger partial charge in [-0.2, -0.15) is 0 Å². The third kappa shape index (κ3) is 4.68. The van der Waals surface area contributed by atoms with E-state index >= 15 is 0 Å². The standard InChI is InChI=1S/C51H30N2O2/c1-2-10-33-26-37(19-16-31(33)8-1)53(38-20-24-41-36(27-38)18-23-42-40-13-6-5-9-32(40)17-22-43(41)42)39-21-25-44-48(30-39)54-47-15-7-14-45(50(44)47)51-52-46-28-34-11-3-4-12-35(34)29-49(46)55-51/h1-30H. The molecular weight excluding hydrogens is 673 g/mol. The van der Waals surface area contributed by atoms with E-state index in [0.717, 1.165) is 66.4 Å². The molecule has 256 valence electrons. The first-order chi connectivity index (χ1) is 27.2. The van der Waals surface area contributed by atoms with Gasteiger partial charge in [-0.25, -0.2) is 4.98 Å². The van der Waals surface area contributed by atoms with Crippen molar-refractivity contribution in [3.8, 4) is 11.5 Å². The number of fused-ring (bicyclic) bond motifs is 11. The highest BCUT2D eigenvalue weighted by molar-refractivity contribution is 6.18. The number of hydrogen-bond acceptors (Lipinski definition) is 4. The van der Waals surface area contributed by atoms with Crippen LogP contribution in [0.4, 0.5) is 17.1 Å². The Morgan fingerprint density at radius 1 is 0.345 bits per heavy atom. The predicted molar refractivity (Wildman–Crippen MR) is 229 cm³/mol. The van der Waals surface area contributed by atoms with Crippen LogP contribution in [0.5, 0.6) is 0 Å². The van der Waals surface area contributed by atoms with E-state index in [1.54, 1.807) is 0 Å². The molecule has 0 aliphatic rings. The van der Waals surface area contributed by atoms with Crippen molar-refractivity contribution in [2.75, 3.05) is 4.90 Å². The van der Waals surface area contributed by atoms with E-state index in [0.29, 0.717) is 5.89 Å². The smallest absolute Gasteiger partial charge is 0.228 e. The number of furan rings is 1. The molecule has 0 saturated heterocycles. The van der Waals surface area contributed by atoms with Gasteiger partial charge in [0.05, 0.1) is 0 Å². The molecule has 0 aliphatic carbocycles. The Balaban J connectivity index is 1.03. The number of nitrogens with zero attached hydrogens (tertiary/aromatic N) is 2. The fourth-order valence-electron chi connectivity index (χ4n) is 8.58. The summed E-state index contributed by atoms with van der Waals surface area (Å²) in [5.41, 5.74) is 7.24. The molecule has 0 radical (unpaired) electrons. The second-order valence-corrected chi connectivity index (χ2v) is 14.4. The molecule has 0 atom stereocenters. The van der Waals surface area contributed by atoms with Gasteiger partial charge in [0.2, 0.25) is 5.89 Å². The molecule has 0 unspecified atom stereocenters. The molecule has 10 aromatic carbocycles. The van der Waals surface area contributed by atoms with Gasteiger partial charge in [0.1, 0.15) is 16.7 Å². The van der Waals surface area contributed by atoms with Crippen LogP contribution in [0.2, 0.25) is 0 Å². The first-order valence-electron chi connectivity index (χ1n) is 18.6. The maximum atomic E-state index is 6.64. The molecule has 12 aromatic rings. The number of oxazole rings is 1. The lowest BCUT2D eigenvalue weighted by molar-refractivity contribution is 0.620. The molecule has 2 heterocycles. The quantitative estimate of drug-likeness (QED) is 0.171. The Hall–Kier alpha value is -7.43. The van der Waals surface area contributed by atoms with Crippen LogP contribution < -0.4 is 4.90 Å². The molecule has 0 bridgehead atoms. The highest BCUT2D eigenvalue weighted by Gasteiger charge is 2.20. The van der Waals surface area contributed by atoms with Gasteiger partial charge in [-0.15, -0.1) is 0 Å². The van der Waals surface area contributed by atoms with Crippen LogP contribution in [0.3, 0.4) is 0 Å². The van der Waals surface area contributed by atoms with Gasteiger partial charge in [0, 0.05) is 39.5 Å². The summed E-state index contributed by atoms with van der Waals surface area (Å²) < 4.78 is 13.1. The molecule has 0 fully saturated rings. The summed E-state index contributed by atoms with van der Waals surface area (Å²) in [6.45, 7) is 0. The maximum absolute atomic E-state index is 6.64. The Kier molecular flexibility index (Phi) is 6.31. The van der Waals surface area contributed by atoms with Gasteiger partial charge in [-0.1, -0.05) is 115 Å². The number of benzene rings is 10. The van der Waals surface area contributed by atoms with Crippen molar-refractivity contribution >= 4 is 104 Å². The first-order valence-corrected chi connectivity index (χ1v) is 18.6. The van der Waals surface area contributed by atoms with E-state index < -0.39 is 0 Å². The summed E-state index contributed by atoms with van der Waals surface area (Å²) in [6.07, 6.45) is 0. The zero-order valence-corrected chi connectivity index (χ0v) is 29.5. The van der Waals surface area contributed by atoms with Gasteiger partial charge < -0.3 is 13.7 Å². The topological polar surface area (TPSA) is 42.4 Å². The molecule has 4 nitrogen and oxygen atoms in total. The summed E-state index contributed by atoms with van der Waals surface area (Å²) in [6, 6.07) is 64.7. The molecule has 12 rings (SSSR count). The monoisotopic (exact) mass is 702 g/mol. The minimum atomic E-state index is 0.581. The molecule has 0 amide bonds. The van der Waals surface area contributed by atoms with Crippen molar-refractivity contribution in [3.63, 3.8) is 0 Å². The molecule has 0 spiro atoms. The van der Waals surface area contributed by atoms with E-state index in [-0.39, 0.29) is 0 Å². The van der Waals surface area contributed by atoms with Crippen LogP contribution in [-0.4, -0.2) is 4.98 Å². The van der Waals surface area contributed by atoms with E-state index in [9.17, 15) is 0 Å². The number of rotatable bonds is 4. The SMILES string of the molecule is c1ccc2cc(N(c3ccc4c(ccc5c6ccccc6ccc45)c3)c3ccc4c(c3)oc3cccc(-c5nc6cc7ccccc7cc6o5)c34)ccc2c1. The van der Waals surface area contributed by atoms with Crippen molar-refractivity contribution in [1.29, 1.82) is 0 Å². The molecule has 4 heteroatoms. The lowest BCUT2D eigenvalue weighted by atomic mass is 9.96. The molecule has 0 N–H and O–H groups in total. The van der Waals surface area contributed by atoms with Crippen LogP contribution in [0.25, 0.3) is 98.4 Å². The Labute approximate surface area is 315 Å². The largest absolute Gasteiger partial charge is 0.456 e. The summed E-state index contributed by atoms with van der Waals surface area (Å²) in [5.74, 6) is 0.581. The van der Waals surface area contributed by atoms with E-state index in [2.05, 4.69) is 163 Å². The van der Waals surface area contributed by atoms with Gasteiger partial charge >= 0.3 is 0 Å². The third-order valence-corrected chi connectivity index (χ3v) is 11.2. The van der Waals surface area contributed by atoms with Crippen LogP contribution in [0, 0.1) is 0 Å². The number of aromatic nitrogens is 1. The molecule has 2 aromatic heterocycles. The minimum Gasteiger partial charge on any atom is -0.456 e. The van der Waals surface area contributed by atoms with Crippen LogP contribution >= 0.6 is 0 Å². The Bertz CT molecular complexity index is 3470. The number of hydrogen-bond donors (Lipinski definition) is 0. The Morgan fingerprint density at radius 2 is 0.927 bits per heavy atom. The van der Waals surface area contributed by atoms with Crippen LogP contribution in [0.1, 0.15) is 0 Å². The maximum Gasteiger partial charge on any atom is 0.228 e. The average molecular weight is 703 g/mol. The van der Waals surface area contributed by atoms with Gasteiger partial charge in [-0.05, 0) is 115 Å². The van der Waals surface area contributed by atoms with Gasteiger partial charge in [0.25, 0.3) is 0 Å². The van der Waals surface area contributed by atoms with Crippen molar-refractivity contribution in [2.24, 2.45) is 0 Å². The van der Waals surface area contributed by atoms with Gasteiger partial charge in [0.15, 0.2) is 5.58 Å². The first kappa shape index (κ1) is 30.1. The summed E-state index contributed by atoms with van der Waals surface area (Å²) in [5, 5.41) is 14.1. The lowest BCUT2D eigenvalue weighted by Gasteiger charge is -2.26. The van der Waals surface area contributed by atoms with E-state index in [4.69, 9.17) is 13.8 Å². The predicted octanol–water partition coefficient (Wildman–Crippen LogP) is 14.6. The highest BCUT2D eigenvalue weighted by atomic mass is 16.3. The van der Waals surface area contributed by atoms with Crippen molar-refractivity contribution < 1.29 is 8.83 Å². The Morgan fingerprint density at radius 3 is 1.75 bits per heavy atom. The fourth-order valence-corrected chi connectivity index (χ4v) is 8.58. The van der Waals surface area contributed by atoms with Crippen molar-refractivity contribution in [1.82, 2.24) is 4.98 Å². The lowest BCUT2D eigenvalue weighted by Crippen LogP contribution is -2.09. The zero-order chi connectivity index (χ0) is 36.0. The van der Waals surface area contributed by atoms with Crippen LogP contribution in [0.15, 0.2) is 191 Å². The summed E-state index contributed by atoms with van der Waals surface area (Å²) in [4.78, 5) is 7.29. The zero-order valence-electron chi connectivity index (χ0n) is 29.5. The van der Waals surface area contributed by atoms with Crippen molar-refractivity contribution in [3.05, 3.63) is 182 Å². The third-order valence-electron chi connectivity index (χ3n) is 11.2. The second kappa shape index (κ2) is 11.5. The average Bonchev–Trinajstić information content (AvgIpc) is 3.83.